The van der Waals surface area contributed by atoms with E-state index in [9.17, 15) is 4.79 Å². The Bertz CT molecular complexity index is 515. The molecule has 1 amide bonds. The van der Waals surface area contributed by atoms with Crippen molar-refractivity contribution in [3.05, 3.63) is 35.9 Å². The van der Waals surface area contributed by atoms with E-state index in [0.717, 1.165) is 51.1 Å². The Kier molecular flexibility index (Phi) is 5.02. The van der Waals surface area contributed by atoms with Gasteiger partial charge in [0.05, 0.1) is 24.2 Å². The first-order valence-electron chi connectivity index (χ1n) is 8.65. The second-order valence-corrected chi connectivity index (χ2v) is 7.10. The summed E-state index contributed by atoms with van der Waals surface area (Å²) in [4.78, 5) is 14.9. The predicted octanol–water partition coefficient (Wildman–Crippen LogP) is 2.76. The Balaban J connectivity index is 1.55. The molecule has 2 saturated heterocycles. The van der Waals surface area contributed by atoms with Gasteiger partial charge in [-0.25, -0.2) is 0 Å². The number of carbonyl (C=O) groups is 1. The van der Waals surface area contributed by atoms with Crippen LogP contribution in [0.5, 0.6) is 0 Å². The molecule has 23 heavy (non-hydrogen) atoms. The normalized spacial score (nSPS) is 23.2. The number of piperidine rings is 1. The van der Waals surface area contributed by atoms with Gasteiger partial charge in [-0.15, -0.1) is 0 Å². The van der Waals surface area contributed by atoms with Gasteiger partial charge in [-0.05, 0) is 38.7 Å². The molecule has 1 aromatic carbocycles. The second kappa shape index (κ2) is 7.02. The molecule has 2 aliphatic heterocycles. The van der Waals surface area contributed by atoms with E-state index in [1.54, 1.807) is 0 Å². The highest BCUT2D eigenvalue weighted by molar-refractivity contribution is 5.87. The van der Waals surface area contributed by atoms with Gasteiger partial charge in [-0.3, -0.25) is 4.79 Å². The second-order valence-electron chi connectivity index (χ2n) is 7.10. The standard InChI is InChI=1S/C19H27NO3/c1-19(2,15-6-4-3-5-7-15)18(21)20-11-8-16(9-12-20)23-17-10-13-22-14-17/h3-7,16-17H,8-14H2,1-2H3/t17-/m0/s1. The number of hydrogen-bond donors (Lipinski definition) is 0. The maximum absolute atomic E-state index is 12.9. The molecule has 3 rings (SSSR count). The van der Waals surface area contributed by atoms with Crippen molar-refractivity contribution >= 4 is 5.91 Å². The molecule has 0 unspecified atom stereocenters. The van der Waals surface area contributed by atoms with Crippen LogP contribution in [0.15, 0.2) is 30.3 Å². The van der Waals surface area contributed by atoms with Crippen molar-refractivity contribution in [2.75, 3.05) is 26.3 Å². The van der Waals surface area contributed by atoms with Gasteiger partial charge in [0.15, 0.2) is 0 Å². The summed E-state index contributed by atoms with van der Waals surface area (Å²) in [5, 5.41) is 0. The van der Waals surface area contributed by atoms with Crippen LogP contribution < -0.4 is 0 Å². The summed E-state index contributed by atoms with van der Waals surface area (Å²) in [5.74, 6) is 0.214. The molecule has 0 saturated carbocycles. The van der Waals surface area contributed by atoms with E-state index in [-0.39, 0.29) is 18.1 Å². The van der Waals surface area contributed by atoms with Gasteiger partial charge in [0.2, 0.25) is 5.91 Å². The van der Waals surface area contributed by atoms with Crippen molar-refractivity contribution in [3.8, 4) is 0 Å². The zero-order valence-electron chi connectivity index (χ0n) is 14.2. The SMILES string of the molecule is CC(C)(C(=O)N1CCC(O[C@H]2CCOC2)CC1)c1ccccc1. The van der Waals surface area contributed by atoms with Crippen molar-refractivity contribution in [2.45, 2.75) is 50.7 Å². The highest BCUT2D eigenvalue weighted by Gasteiger charge is 2.36. The van der Waals surface area contributed by atoms with E-state index in [1.807, 2.05) is 49.1 Å². The van der Waals surface area contributed by atoms with Crippen LogP contribution in [0.25, 0.3) is 0 Å². The molecule has 0 bridgehead atoms. The largest absolute Gasteiger partial charge is 0.379 e. The van der Waals surface area contributed by atoms with Gasteiger partial charge in [-0.1, -0.05) is 30.3 Å². The smallest absolute Gasteiger partial charge is 0.232 e. The number of amides is 1. The lowest BCUT2D eigenvalue weighted by Gasteiger charge is -2.37. The number of rotatable bonds is 4. The van der Waals surface area contributed by atoms with Gasteiger partial charge in [-0.2, -0.15) is 0 Å². The number of nitrogens with zero attached hydrogens (tertiary/aromatic N) is 1. The van der Waals surface area contributed by atoms with Crippen molar-refractivity contribution in [1.82, 2.24) is 4.90 Å². The van der Waals surface area contributed by atoms with Crippen LogP contribution in [0.3, 0.4) is 0 Å². The first-order chi connectivity index (χ1) is 11.1. The molecule has 0 N–H and O–H groups in total. The Morgan fingerprint density at radius 2 is 1.83 bits per heavy atom. The highest BCUT2D eigenvalue weighted by Crippen LogP contribution is 2.28. The summed E-state index contributed by atoms with van der Waals surface area (Å²) >= 11 is 0. The zero-order valence-corrected chi connectivity index (χ0v) is 14.2. The average Bonchev–Trinajstić information content (AvgIpc) is 3.09. The number of hydrogen-bond acceptors (Lipinski definition) is 3. The van der Waals surface area contributed by atoms with Gasteiger partial charge < -0.3 is 14.4 Å². The molecule has 2 aliphatic rings. The van der Waals surface area contributed by atoms with Crippen LogP contribution in [0.2, 0.25) is 0 Å². The summed E-state index contributed by atoms with van der Waals surface area (Å²) in [6.45, 7) is 7.14. The van der Waals surface area contributed by atoms with Crippen LogP contribution in [0, 0.1) is 0 Å². The summed E-state index contributed by atoms with van der Waals surface area (Å²) in [5.41, 5.74) is 0.598. The highest BCUT2D eigenvalue weighted by atomic mass is 16.5. The maximum atomic E-state index is 12.9. The third-order valence-corrected chi connectivity index (χ3v) is 5.03. The molecule has 126 valence electrons. The van der Waals surface area contributed by atoms with Crippen LogP contribution in [-0.2, 0) is 19.7 Å². The molecule has 2 fully saturated rings. The molecule has 1 atom stereocenters. The van der Waals surface area contributed by atoms with Crippen molar-refractivity contribution in [3.63, 3.8) is 0 Å². The maximum Gasteiger partial charge on any atom is 0.232 e. The molecule has 4 heteroatoms. The Hall–Kier alpha value is -1.39. The van der Waals surface area contributed by atoms with Crippen LogP contribution in [-0.4, -0.2) is 49.3 Å². The van der Waals surface area contributed by atoms with Crippen molar-refractivity contribution in [2.24, 2.45) is 0 Å². The van der Waals surface area contributed by atoms with Crippen LogP contribution >= 0.6 is 0 Å². The van der Waals surface area contributed by atoms with Crippen LogP contribution in [0.4, 0.5) is 0 Å². The van der Waals surface area contributed by atoms with Gasteiger partial charge in [0, 0.05) is 19.7 Å². The third kappa shape index (κ3) is 3.75. The van der Waals surface area contributed by atoms with Gasteiger partial charge >= 0.3 is 0 Å². The summed E-state index contributed by atoms with van der Waals surface area (Å²) in [6, 6.07) is 10.0. The fourth-order valence-electron chi connectivity index (χ4n) is 3.46. The van der Waals surface area contributed by atoms with E-state index in [0.29, 0.717) is 0 Å². The summed E-state index contributed by atoms with van der Waals surface area (Å²) in [6.07, 6.45) is 3.37. The van der Waals surface area contributed by atoms with Crippen molar-refractivity contribution in [1.29, 1.82) is 0 Å². The molecular weight excluding hydrogens is 290 g/mol. The Morgan fingerprint density at radius 3 is 2.43 bits per heavy atom. The molecule has 4 nitrogen and oxygen atoms in total. The number of benzene rings is 1. The number of ether oxygens (including phenoxy) is 2. The Labute approximate surface area is 138 Å². The third-order valence-electron chi connectivity index (χ3n) is 5.03. The molecule has 0 aliphatic carbocycles. The quantitative estimate of drug-likeness (QED) is 0.857. The van der Waals surface area contributed by atoms with Crippen molar-refractivity contribution < 1.29 is 14.3 Å². The molecule has 1 aromatic rings. The monoisotopic (exact) mass is 317 g/mol. The molecule has 0 aromatic heterocycles. The minimum absolute atomic E-state index is 0.214. The average molecular weight is 317 g/mol. The predicted molar refractivity (Wildman–Crippen MR) is 89.4 cm³/mol. The van der Waals surface area contributed by atoms with E-state index in [2.05, 4.69) is 0 Å². The fraction of sp³-hybridized carbons (Fsp3) is 0.632. The summed E-state index contributed by atoms with van der Waals surface area (Å²) < 4.78 is 11.4. The lowest BCUT2D eigenvalue weighted by molar-refractivity contribution is -0.139. The fourth-order valence-corrected chi connectivity index (χ4v) is 3.46. The lowest BCUT2D eigenvalue weighted by Crippen LogP contribution is -2.48. The van der Waals surface area contributed by atoms with E-state index in [1.165, 1.54) is 0 Å². The topological polar surface area (TPSA) is 38.8 Å². The first-order valence-corrected chi connectivity index (χ1v) is 8.65. The molecule has 0 radical (unpaired) electrons. The minimum atomic E-state index is -0.478. The van der Waals surface area contributed by atoms with E-state index in [4.69, 9.17) is 9.47 Å². The lowest BCUT2D eigenvalue weighted by atomic mass is 9.82. The van der Waals surface area contributed by atoms with E-state index >= 15 is 0 Å². The van der Waals surface area contributed by atoms with E-state index < -0.39 is 5.41 Å². The van der Waals surface area contributed by atoms with Crippen LogP contribution in [0.1, 0.15) is 38.7 Å². The number of likely N-dealkylation sites (tertiary alicyclic amines) is 1. The molecule has 2 heterocycles. The molecular formula is C19H27NO3. The zero-order chi connectivity index (χ0) is 16.3. The molecule has 0 spiro atoms. The minimum Gasteiger partial charge on any atom is -0.379 e. The summed E-state index contributed by atoms with van der Waals surface area (Å²) in [7, 11) is 0. The Morgan fingerprint density at radius 1 is 1.13 bits per heavy atom. The van der Waals surface area contributed by atoms with Gasteiger partial charge in [0.1, 0.15) is 0 Å². The van der Waals surface area contributed by atoms with Gasteiger partial charge in [0.25, 0.3) is 0 Å². The first kappa shape index (κ1) is 16.5. The number of carbonyl (C=O) groups excluding carboxylic acids is 1.